The Bertz CT molecular complexity index is 349. The number of carbonyl (C=O) groups is 1. The summed E-state index contributed by atoms with van der Waals surface area (Å²) in [5.41, 5.74) is 0.765. The van der Waals surface area contributed by atoms with E-state index in [1.807, 2.05) is 13.8 Å². The van der Waals surface area contributed by atoms with E-state index in [1.165, 1.54) is 0 Å². The predicted octanol–water partition coefficient (Wildman–Crippen LogP) is 1.24. The summed E-state index contributed by atoms with van der Waals surface area (Å²) in [5.74, 6) is -0.157. The standard InChI is InChI=1S/C10H16N2O3/c1-6-8(7(2)15-12-6)5-11-10(3,4)9(13)14/h11H,5H2,1-4H3,(H,13,14). The van der Waals surface area contributed by atoms with E-state index in [0.717, 1.165) is 17.0 Å². The average molecular weight is 212 g/mol. The van der Waals surface area contributed by atoms with E-state index in [9.17, 15) is 4.79 Å². The van der Waals surface area contributed by atoms with Crippen molar-refractivity contribution in [1.29, 1.82) is 0 Å². The van der Waals surface area contributed by atoms with Crippen molar-refractivity contribution in [3.63, 3.8) is 0 Å². The van der Waals surface area contributed by atoms with Crippen LogP contribution in [0.1, 0.15) is 30.9 Å². The van der Waals surface area contributed by atoms with Crippen molar-refractivity contribution in [3.8, 4) is 0 Å². The molecule has 1 aromatic heterocycles. The summed E-state index contributed by atoms with van der Waals surface area (Å²) in [5, 5.41) is 15.6. The van der Waals surface area contributed by atoms with Gasteiger partial charge in [-0.25, -0.2) is 0 Å². The molecule has 0 aliphatic carbocycles. The van der Waals surface area contributed by atoms with E-state index in [2.05, 4.69) is 10.5 Å². The van der Waals surface area contributed by atoms with Crippen LogP contribution in [0.5, 0.6) is 0 Å². The summed E-state index contributed by atoms with van der Waals surface area (Å²) in [6, 6.07) is 0. The van der Waals surface area contributed by atoms with Gasteiger partial charge in [0.05, 0.1) is 5.69 Å². The maximum atomic E-state index is 10.8. The van der Waals surface area contributed by atoms with E-state index in [0.29, 0.717) is 6.54 Å². The molecule has 0 bridgehead atoms. The molecule has 0 saturated carbocycles. The lowest BCUT2D eigenvalue weighted by molar-refractivity contribution is -0.143. The minimum atomic E-state index is -0.948. The van der Waals surface area contributed by atoms with E-state index in [1.54, 1.807) is 13.8 Å². The highest BCUT2D eigenvalue weighted by molar-refractivity contribution is 5.77. The zero-order valence-corrected chi connectivity index (χ0v) is 9.42. The molecular weight excluding hydrogens is 196 g/mol. The zero-order chi connectivity index (χ0) is 11.6. The van der Waals surface area contributed by atoms with E-state index in [-0.39, 0.29) is 0 Å². The Kier molecular flexibility index (Phi) is 3.14. The summed E-state index contributed by atoms with van der Waals surface area (Å²) in [4.78, 5) is 10.8. The van der Waals surface area contributed by atoms with Gasteiger partial charge in [0.15, 0.2) is 0 Å². The van der Waals surface area contributed by atoms with Crippen molar-refractivity contribution in [2.75, 3.05) is 0 Å². The first-order chi connectivity index (χ1) is 6.84. The summed E-state index contributed by atoms with van der Waals surface area (Å²) < 4.78 is 4.98. The lowest BCUT2D eigenvalue weighted by atomic mass is 10.1. The van der Waals surface area contributed by atoms with Gasteiger partial charge in [-0.1, -0.05) is 5.16 Å². The summed E-state index contributed by atoms with van der Waals surface area (Å²) in [6.07, 6.45) is 0. The molecule has 15 heavy (non-hydrogen) atoms. The second kappa shape index (κ2) is 4.02. The number of hydrogen-bond donors (Lipinski definition) is 2. The van der Waals surface area contributed by atoms with Crippen molar-refractivity contribution < 1.29 is 14.4 Å². The lowest BCUT2D eigenvalue weighted by Crippen LogP contribution is -2.46. The van der Waals surface area contributed by atoms with Crippen LogP contribution in [0.25, 0.3) is 0 Å². The molecule has 0 unspecified atom stereocenters. The number of carboxylic acids is 1. The van der Waals surface area contributed by atoms with Gasteiger partial charge in [-0.05, 0) is 27.7 Å². The van der Waals surface area contributed by atoms with Crippen LogP contribution in [0.3, 0.4) is 0 Å². The van der Waals surface area contributed by atoms with Gasteiger partial charge in [0.2, 0.25) is 0 Å². The molecule has 0 aromatic carbocycles. The van der Waals surface area contributed by atoms with Crippen LogP contribution in [-0.4, -0.2) is 21.8 Å². The van der Waals surface area contributed by atoms with Crippen LogP contribution >= 0.6 is 0 Å². The molecular formula is C10H16N2O3. The van der Waals surface area contributed by atoms with Gasteiger partial charge in [-0.2, -0.15) is 0 Å². The Morgan fingerprint density at radius 2 is 2.13 bits per heavy atom. The van der Waals surface area contributed by atoms with Crippen LogP contribution in [0.15, 0.2) is 4.52 Å². The monoisotopic (exact) mass is 212 g/mol. The molecule has 2 N–H and O–H groups in total. The first-order valence-corrected chi connectivity index (χ1v) is 4.75. The van der Waals surface area contributed by atoms with Crippen molar-refractivity contribution in [1.82, 2.24) is 10.5 Å². The Hall–Kier alpha value is -1.36. The molecule has 5 nitrogen and oxygen atoms in total. The number of aromatic nitrogens is 1. The fourth-order valence-corrected chi connectivity index (χ4v) is 1.14. The van der Waals surface area contributed by atoms with Gasteiger partial charge >= 0.3 is 5.97 Å². The molecule has 0 aliphatic heterocycles. The number of hydrogen-bond acceptors (Lipinski definition) is 4. The number of carboxylic acid groups (broad SMARTS) is 1. The largest absolute Gasteiger partial charge is 0.480 e. The highest BCUT2D eigenvalue weighted by Crippen LogP contribution is 2.13. The van der Waals surface area contributed by atoms with Gasteiger partial charge in [0.1, 0.15) is 11.3 Å². The third-order valence-electron chi connectivity index (χ3n) is 2.42. The maximum absolute atomic E-state index is 10.8. The first-order valence-electron chi connectivity index (χ1n) is 4.75. The molecule has 0 spiro atoms. The molecule has 1 rings (SSSR count). The van der Waals surface area contributed by atoms with Crippen molar-refractivity contribution in [2.24, 2.45) is 0 Å². The molecule has 0 amide bonds. The number of aliphatic carboxylic acids is 1. The summed E-state index contributed by atoms with van der Waals surface area (Å²) >= 11 is 0. The van der Waals surface area contributed by atoms with Gasteiger partial charge < -0.3 is 9.63 Å². The minimum Gasteiger partial charge on any atom is -0.480 e. The zero-order valence-electron chi connectivity index (χ0n) is 9.42. The SMILES string of the molecule is Cc1noc(C)c1CNC(C)(C)C(=O)O. The van der Waals surface area contributed by atoms with Gasteiger partial charge in [-0.15, -0.1) is 0 Å². The quantitative estimate of drug-likeness (QED) is 0.785. The second-order valence-corrected chi connectivity index (χ2v) is 4.09. The molecule has 1 aromatic rings. The summed E-state index contributed by atoms with van der Waals surface area (Å²) in [6.45, 7) is 7.33. The topological polar surface area (TPSA) is 75.4 Å². The third-order valence-corrected chi connectivity index (χ3v) is 2.42. The van der Waals surface area contributed by atoms with Crippen LogP contribution < -0.4 is 5.32 Å². The van der Waals surface area contributed by atoms with Crippen molar-refractivity contribution in [3.05, 3.63) is 17.0 Å². The molecule has 0 aliphatic rings. The fourth-order valence-electron chi connectivity index (χ4n) is 1.14. The van der Waals surface area contributed by atoms with Crippen molar-refractivity contribution in [2.45, 2.75) is 39.8 Å². The van der Waals surface area contributed by atoms with E-state index in [4.69, 9.17) is 9.63 Å². The van der Waals surface area contributed by atoms with Crippen molar-refractivity contribution >= 4 is 5.97 Å². The third kappa shape index (κ3) is 2.56. The normalized spacial score (nSPS) is 11.7. The smallest absolute Gasteiger partial charge is 0.323 e. The highest BCUT2D eigenvalue weighted by atomic mass is 16.5. The second-order valence-electron chi connectivity index (χ2n) is 4.09. The Morgan fingerprint density at radius 3 is 2.53 bits per heavy atom. The summed E-state index contributed by atoms with van der Waals surface area (Å²) in [7, 11) is 0. The number of rotatable bonds is 4. The molecule has 84 valence electrons. The van der Waals surface area contributed by atoms with Crippen LogP contribution in [0, 0.1) is 13.8 Å². The van der Waals surface area contributed by atoms with Crippen LogP contribution in [0.2, 0.25) is 0 Å². The average Bonchev–Trinajstić information content (AvgIpc) is 2.43. The number of nitrogens with zero attached hydrogens (tertiary/aromatic N) is 1. The molecule has 1 heterocycles. The maximum Gasteiger partial charge on any atom is 0.323 e. The fraction of sp³-hybridized carbons (Fsp3) is 0.600. The Balaban J connectivity index is 2.69. The minimum absolute atomic E-state index is 0.445. The number of nitrogens with one attached hydrogen (secondary N) is 1. The van der Waals surface area contributed by atoms with Gasteiger partial charge in [0.25, 0.3) is 0 Å². The van der Waals surface area contributed by atoms with E-state index < -0.39 is 11.5 Å². The first kappa shape index (κ1) is 11.7. The number of aryl methyl sites for hydroxylation is 2. The van der Waals surface area contributed by atoms with Crippen LogP contribution in [-0.2, 0) is 11.3 Å². The molecule has 0 atom stereocenters. The predicted molar refractivity (Wildman–Crippen MR) is 54.5 cm³/mol. The highest BCUT2D eigenvalue weighted by Gasteiger charge is 2.26. The Labute approximate surface area is 88.5 Å². The molecule has 0 radical (unpaired) electrons. The van der Waals surface area contributed by atoms with Gasteiger partial charge in [-0.3, -0.25) is 10.1 Å². The van der Waals surface area contributed by atoms with E-state index >= 15 is 0 Å². The lowest BCUT2D eigenvalue weighted by Gasteiger charge is -2.20. The molecule has 0 fully saturated rings. The van der Waals surface area contributed by atoms with Crippen LogP contribution in [0.4, 0.5) is 0 Å². The molecule has 0 saturated heterocycles. The van der Waals surface area contributed by atoms with Gasteiger partial charge in [0, 0.05) is 12.1 Å². The Morgan fingerprint density at radius 1 is 1.53 bits per heavy atom. The molecule has 5 heteroatoms.